The van der Waals surface area contributed by atoms with Crippen molar-refractivity contribution < 1.29 is 0 Å². The van der Waals surface area contributed by atoms with Crippen LogP contribution in [0.4, 0.5) is 0 Å². The molecule has 0 heterocycles. The van der Waals surface area contributed by atoms with Crippen LogP contribution in [0.15, 0.2) is 11.6 Å². The second kappa shape index (κ2) is 5.87. The zero-order chi connectivity index (χ0) is 5.54. The van der Waals surface area contributed by atoms with Gasteiger partial charge in [-0.3, -0.25) is 0 Å². The largest absolute Gasteiger partial charge is 0.185 e. The Balaban J connectivity index is 2.87. The first-order valence-corrected chi connectivity index (χ1v) is 3.10. The monoisotopic (exact) mass is 133 g/mol. The van der Waals surface area contributed by atoms with Crippen LogP contribution in [-0.4, -0.2) is 5.75 Å². The Hall–Kier alpha value is -0.130. The van der Waals surface area contributed by atoms with Gasteiger partial charge in [0, 0.05) is 11.3 Å². The van der Waals surface area contributed by atoms with Gasteiger partial charge in [0.15, 0.2) is 0 Å². The van der Waals surface area contributed by atoms with E-state index in [4.69, 9.17) is 16.9 Å². The molecule has 0 spiro atoms. The number of hydrogen-bond donors (Lipinski definition) is 0. The van der Waals surface area contributed by atoms with Crippen LogP contribution < -0.4 is 0 Å². The standard InChI is InChI=1S/C4H4ClNS/c5-2-1-3-7-4-6/h1-2H,3H2. The average Bonchev–Trinajstić information content (AvgIpc) is 1.69. The van der Waals surface area contributed by atoms with E-state index in [1.54, 1.807) is 6.08 Å². The van der Waals surface area contributed by atoms with Crippen LogP contribution in [0.3, 0.4) is 0 Å². The zero-order valence-electron chi connectivity index (χ0n) is 3.60. The molecule has 0 amide bonds. The zero-order valence-corrected chi connectivity index (χ0v) is 5.17. The molecule has 0 aliphatic rings. The Bertz CT molecular complexity index is 94.4. The van der Waals surface area contributed by atoms with E-state index < -0.39 is 0 Å². The molecule has 1 nitrogen and oxygen atoms in total. The fourth-order valence-electron chi connectivity index (χ4n) is 0.122. The molecule has 0 saturated heterocycles. The van der Waals surface area contributed by atoms with Crippen molar-refractivity contribution in [3.05, 3.63) is 11.6 Å². The molecule has 0 radical (unpaired) electrons. The van der Waals surface area contributed by atoms with Gasteiger partial charge in [0.25, 0.3) is 0 Å². The molecular weight excluding hydrogens is 130 g/mol. The third-order valence-electron chi connectivity index (χ3n) is 0.333. The molecule has 0 saturated carbocycles. The number of rotatable bonds is 2. The molecule has 0 atom stereocenters. The number of thiocyanates is 1. The van der Waals surface area contributed by atoms with Crippen molar-refractivity contribution in [2.24, 2.45) is 0 Å². The Morgan fingerprint density at radius 2 is 2.57 bits per heavy atom. The van der Waals surface area contributed by atoms with Crippen LogP contribution in [0.25, 0.3) is 0 Å². The van der Waals surface area contributed by atoms with Gasteiger partial charge >= 0.3 is 0 Å². The number of halogens is 1. The lowest BCUT2D eigenvalue weighted by molar-refractivity contribution is 1.57. The first-order chi connectivity index (χ1) is 3.41. The van der Waals surface area contributed by atoms with E-state index in [0.717, 1.165) is 0 Å². The van der Waals surface area contributed by atoms with Crippen molar-refractivity contribution in [3.8, 4) is 5.40 Å². The Morgan fingerprint density at radius 1 is 1.86 bits per heavy atom. The highest BCUT2D eigenvalue weighted by Gasteiger charge is 1.72. The molecule has 0 unspecified atom stereocenters. The number of thioether (sulfide) groups is 1. The van der Waals surface area contributed by atoms with Gasteiger partial charge in [-0.25, -0.2) is 0 Å². The summed E-state index contributed by atoms with van der Waals surface area (Å²) >= 11 is 6.30. The van der Waals surface area contributed by atoms with Gasteiger partial charge in [0.1, 0.15) is 5.40 Å². The highest BCUT2D eigenvalue weighted by Crippen LogP contribution is 1.95. The second-order valence-corrected chi connectivity index (χ2v) is 1.82. The van der Waals surface area contributed by atoms with Gasteiger partial charge in [-0.1, -0.05) is 17.7 Å². The Kier molecular flexibility index (Phi) is 5.76. The maximum atomic E-state index is 7.93. The van der Waals surface area contributed by atoms with Crippen LogP contribution in [0.2, 0.25) is 0 Å². The molecule has 7 heavy (non-hydrogen) atoms. The molecule has 0 bridgehead atoms. The lowest BCUT2D eigenvalue weighted by atomic mass is 10.8. The molecule has 0 aromatic carbocycles. The minimum atomic E-state index is 0.681. The lowest BCUT2D eigenvalue weighted by Gasteiger charge is -1.73. The van der Waals surface area contributed by atoms with Gasteiger partial charge in [-0.15, -0.1) is 0 Å². The van der Waals surface area contributed by atoms with Crippen LogP contribution in [0, 0.1) is 10.7 Å². The van der Waals surface area contributed by atoms with Crippen LogP contribution in [0.5, 0.6) is 0 Å². The fraction of sp³-hybridized carbons (Fsp3) is 0.250. The third-order valence-corrected chi connectivity index (χ3v) is 1.000. The van der Waals surface area contributed by atoms with Crippen LogP contribution in [-0.2, 0) is 0 Å². The van der Waals surface area contributed by atoms with Crippen LogP contribution >= 0.6 is 23.4 Å². The molecule has 3 heteroatoms. The van der Waals surface area contributed by atoms with Crippen molar-refractivity contribution >= 4 is 23.4 Å². The summed E-state index contributed by atoms with van der Waals surface area (Å²) in [6.07, 6.45) is 1.72. The van der Waals surface area contributed by atoms with E-state index in [2.05, 4.69) is 0 Å². The van der Waals surface area contributed by atoms with E-state index in [1.807, 2.05) is 5.40 Å². The predicted molar refractivity (Wildman–Crippen MR) is 33.1 cm³/mol. The maximum absolute atomic E-state index is 7.93. The minimum Gasteiger partial charge on any atom is -0.185 e. The number of nitriles is 1. The van der Waals surface area contributed by atoms with Crippen molar-refractivity contribution in [2.45, 2.75) is 0 Å². The van der Waals surface area contributed by atoms with E-state index in [9.17, 15) is 0 Å². The van der Waals surface area contributed by atoms with E-state index in [1.165, 1.54) is 17.3 Å². The molecule has 0 rings (SSSR count). The van der Waals surface area contributed by atoms with Crippen molar-refractivity contribution in [1.82, 2.24) is 0 Å². The van der Waals surface area contributed by atoms with Gasteiger partial charge in [-0.2, -0.15) is 5.26 Å². The molecule has 0 aliphatic heterocycles. The normalized spacial score (nSPS) is 9.14. The number of nitrogens with zero attached hydrogens (tertiary/aromatic N) is 1. The topological polar surface area (TPSA) is 23.8 Å². The minimum absolute atomic E-state index is 0.681. The summed E-state index contributed by atoms with van der Waals surface area (Å²) in [6, 6.07) is 0. The summed E-state index contributed by atoms with van der Waals surface area (Å²) in [7, 11) is 0. The van der Waals surface area contributed by atoms with Gasteiger partial charge in [0.2, 0.25) is 0 Å². The Morgan fingerprint density at radius 3 is 3.00 bits per heavy atom. The molecule has 38 valence electrons. The van der Waals surface area contributed by atoms with Crippen molar-refractivity contribution in [2.75, 3.05) is 5.75 Å². The molecule has 0 aromatic rings. The molecule has 0 fully saturated rings. The van der Waals surface area contributed by atoms with Crippen molar-refractivity contribution in [3.63, 3.8) is 0 Å². The van der Waals surface area contributed by atoms with E-state index in [0.29, 0.717) is 5.75 Å². The van der Waals surface area contributed by atoms with Crippen molar-refractivity contribution in [1.29, 1.82) is 5.26 Å². The summed E-state index contributed by atoms with van der Waals surface area (Å²) in [5.74, 6) is 0.681. The third kappa shape index (κ3) is 5.87. The number of hydrogen-bond acceptors (Lipinski definition) is 2. The van der Waals surface area contributed by atoms with Gasteiger partial charge in [-0.05, 0) is 11.8 Å². The summed E-state index contributed by atoms with van der Waals surface area (Å²) in [6.45, 7) is 0. The predicted octanol–water partition coefficient (Wildman–Crippen LogP) is 1.95. The quantitative estimate of drug-likeness (QED) is 0.425. The first-order valence-electron chi connectivity index (χ1n) is 1.68. The highest BCUT2D eigenvalue weighted by molar-refractivity contribution is 8.03. The SMILES string of the molecule is N#CSCC=CCl. The summed E-state index contributed by atoms with van der Waals surface area (Å²) in [5.41, 5.74) is 1.41. The van der Waals surface area contributed by atoms with Gasteiger partial charge < -0.3 is 0 Å². The lowest BCUT2D eigenvalue weighted by Crippen LogP contribution is -1.59. The molecule has 0 N–H and O–H groups in total. The average molecular weight is 134 g/mol. The Labute approximate surface area is 52.0 Å². The summed E-state index contributed by atoms with van der Waals surface area (Å²) in [4.78, 5) is 0. The first kappa shape index (κ1) is 6.87. The van der Waals surface area contributed by atoms with Crippen LogP contribution in [0.1, 0.15) is 0 Å². The highest BCUT2D eigenvalue weighted by atomic mass is 35.5. The molecular formula is C4H4ClNS. The van der Waals surface area contributed by atoms with E-state index >= 15 is 0 Å². The molecule has 0 aromatic heterocycles. The summed E-state index contributed by atoms with van der Waals surface area (Å²) < 4.78 is 0. The maximum Gasteiger partial charge on any atom is 0.133 e. The summed E-state index contributed by atoms with van der Waals surface area (Å²) in [5, 5.41) is 9.84. The van der Waals surface area contributed by atoms with E-state index in [-0.39, 0.29) is 0 Å². The van der Waals surface area contributed by atoms with Gasteiger partial charge in [0.05, 0.1) is 0 Å². The smallest absolute Gasteiger partial charge is 0.133 e. The second-order valence-electron chi connectivity index (χ2n) is 0.764. The molecule has 0 aliphatic carbocycles. The fourth-order valence-corrected chi connectivity index (χ4v) is 0.583.